The average molecular weight is 310 g/mol. The van der Waals surface area contributed by atoms with Gasteiger partial charge in [-0.3, -0.25) is 19.8 Å². The van der Waals surface area contributed by atoms with E-state index in [1.54, 1.807) is 6.08 Å². The standard InChI is InChI=1S/C13H16N3O4S/c1-7(2)21-11-6-9-8(5-10(11)16(19)20)14(3)12(17)13(18)15(9)4/h5-7,11H,1-4H3/q+1. The van der Waals surface area contributed by atoms with Crippen molar-refractivity contribution in [1.29, 1.82) is 0 Å². The Labute approximate surface area is 126 Å². The highest BCUT2D eigenvalue weighted by atomic mass is 32.2. The lowest BCUT2D eigenvalue weighted by atomic mass is 10.0. The fourth-order valence-corrected chi connectivity index (χ4v) is 3.31. The van der Waals surface area contributed by atoms with Crippen LogP contribution in [0.2, 0.25) is 0 Å². The van der Waals surface area contributed by atoms with Crippen LogP contribution in [-0.2, 0) is 9.59 Å². The minimum absolute atomic E-state index is 0.0230. The summed E-state index contributed by atoms with van der Waals surface area (Å²) < 4.78 is 1.16. The number of allylic oxidation sites excluding steroid dienone is 1. The predicted molar refractivity (Wildman–Crippen MR) is 78.6 cm³/mol. The van der Waals surface area contributed by atoms with Gasteiger partial charge >= 0.3 is 11.8 Å². The van der Waals surface area contributed by atoms with Gasteiger partial charge in [0.25, 0.3) is 5.70 Å². The molecule has 2 aliphatic rings. The van der Waals surface area contributed by atoms with Crippen LogP contribution in [0.25, 0.3) is 0 Å². The zero-order chi connectivity index (χ0) is 15.9. The molecule has 0 N–H and O–H groups in total. The highest BCUT2D eigenvalue weighted by molar-refractivity contribution is 8.00. The van der Waals surface area contributed by atoms with E-state index >= 15 is 0 Å². The second-order valence-electron chi connectivity index (χ2n) is 5.10. The smallest absolute Gasteiger partial charge is 0.297 e. The van der Waals surface area contributed by atoms with Gasteiger partial charge in [0.15, 0.2) is 0 Å². The van der Waals surface area contributed by atoms with Crippen LogP contribution in [0.15, 0.2) is 23.5 Å². The molecule has 1 aliphatic carbocycles. The molecule has 0 spiro atoms. The van der Waals surface area contributed by atoms with Crippen molar-refractivity contribution in [1.82, 2.24) is 4.90 Å². The van der Waals surface area contributed by atoms with Crippen LogP contribution in [0.5, 0.6) is 0 Å². The number of thioether (sulfide) groups is 1. The molecule has 0 aromatic rings. The predicted octanol–water partition coefficient (Wildman–Crippen LogP) is 0.637. The van der Waals surface area contributed by atoms with Gasteiger partial charge in [-0.25, -0.2) is 4.79 Å². The number of fused-ring (bicyclic) bond motifs is 1. The average Bonchev–Trinajstić information content (AvgIpc) is 2.41. The van der Waals surface area contributed by atoms with Crippen LogP contribution in [0.3, 0.4) is 0 Å². The van der Waals surface area contributed by atoms with Crippen molar-refractivity contribution < 1.29 is 19.1 Å². The van der Waals surface area contributed by atoms with Gasteiger partial charge < -0.3 is 0 Å². The number of nitrogens with zero attached hydrogens (tertiary/aromatic N) is 3. The van der Waals surface area contributed by atoms with Gasteiger partial charge in [-0.05, 0) is 6.08 Å². The van der Waals surface area contributed by atoms with E-state index < -0.39 is 22.0 Å². The molecule has 0 radical (unpaired) electrons. The molecule has 1 unspecified atom stereocenters. The molecule has 2 amide bonds. The van der Waals surface area contributed by atoms with Crippen molar-refractivity contribution in [3.63, 3.8) is 0 Å². The summed E-state index contributed by atoms with van der Waals surface area (Å²) in [6.07, 6.45) is 3.06. The van der Waals surface area contributed by atoms with Crippen LogP contribution in [0.4, 0.5) is 0 Å². The van der Waals surface area contributed by atoms with E-state index in [-0.39, 0.29) is 10.9 Å². The second-order valence-corrected chi connectivity index (χ2v) is 6.82. The van der Waals surface area contributed by atoms with Gasteiger partial charge in [0.1, 0.15) is 18.0 Å². The van der Waals surface area contributed by atoms with Gasteiger partial charge in [-0.15, -0.1) is 11.8 Å². The van der Waals surface area contributed by atoms with Gasteiger partial charge in [-0.2, -0.15) is 4.58 Å². The van der Waals surface area contributed by atoms with E-state index in [2.05, 4.69) is 0 Å². The van der Waals surface area contributed by atoms with Gasteiger partial charge in [-0.1, -0.05) is 13.8 Å². The Hall–Kier alpha value is -1.96. The lowest BCUT2D eigenvalue weighted by Crippen LogP contribution is -2.49. The SMILES string of the molecule is CC(C)SC1C=C2C(=[N+](C)C(=O)C(=O)N2C)C=C1[N+](=O)[O-]. The van der Waals surface area contributed by atoms with E-state index in [0.29, 0.717) is 11.4 Å². The zero-order valence-electron chi connectivity index (χ0n) is 12.2. The van der Waals surface area contributed by atoms with Crippen LogP contribution >= 0.6 is 11.8 Å². The molecule has 112 valence electrons. The molecule has 1 heterocycles. The quantitative estimate of drug-likeness (QED) is 0.330. The third-order valence-electron chi connectivity index (χ3n) is 3.29. The molecule has 0 saturated heterocycles. The molecule has 21 heavy (non-hydrogen) atoms. The van der Waals surface area contributed by atoms with Crippen molar-refractivity contribution in [2.45, 2.75) is 24.3 Å². The second kappa shape index (κ2) is 5.44. The maximum Gasteiger partial charge on any atom is 0.477 e. The van der Waals surface area contributed by atoms with E-state index in [4.69, 9.17) is 0 Å². The number of nitro groups is 1. The third kappa shape index (κ3) is 2.63. The third-order valence-corrected chi connectivity index (χ3v) is 4.51. The molecule has 0 aromatic heterocycles. The summed E-state index contributed by atoms with van der Waals surface area (Å²) in [6, 6.07) is 0. The van der Waals surface area contributed by atoms with Gasteiger partial charge in [0, 0.05) is 12.3 Å². The van der Waals surface area contributed by atoms with Crippen molar-refractivity contribution >= 4 is 29.3 Å². The fourth-order valence-electron chi connectivity index (χ4n) is 2.23. The molecular weight excluding hydrogens is 294 g/mol. The Morgan fingerprint density at radius 3 is 2.57 bits per heavy atom. The molecule has 0 bridgehead atoms. The topological polar surface area (TPSA) is 83.5 Å². The lowest BCUT2D eigenvalue weighted by molar-refractivity contribution is -0.428. The molecule has 1 atom stereocenters. The minimum Gasteiger partial charge on any atom is -0.297 e. The molecule has 8 heteroatoms. The maximum atomic E-state index is 11.9. The van der Waals surface area contributed by atoms with Crippen molar-refractivity contribution in [3.05, 3.63) is 33.7 Å². The number of hydrogen-bond donors (Lipinski definition) is 0. The molecule has 0 aromatic carbocycles. The Morgan fingerprint density at radius 1 is 1.43 bits per heavy atom. The summed E-state index contributed by atoms with van der Waals surface area (Å²) in [5, 5.41) is 11.0. The Balaban J connectivity index is 2.58. The normalized spacial score (nSPS) is 22.3. The van der Waals surface area contributed by atoms with Crippen LogP contribution in [0, 0.1) is 10.1 Å². The monoisotopic (exact) mass is 310 g/mol. The van der Waals surface area contributed by atoms with E-state index in [0.717, 1.165) is 4.58 Å². The Kier molecular flexibility index (Phi) is 3.99. The van der Waals surface area contributed by atoms with E-state index in [1.807, 2.05) is 13.8 Å². The van der Waals surface area contributed by atoms with Crippen LogP contribution in [-0.4, -0.2) is 56.5 Å². The molecule has 2 rings (SSSR count). The Bertz CT molecular complexity index is 633. The number of amides is 2. The first-order chi connectivity index (χ1) is 9.73. The summed E-state index contributed by atoms with van der Waals surface area (Å²) in [4.78, 5) is 35.7. The maximum absolute atomic E-state index is 11.9. The molecule has 0 saturated carbocycles. The first kappa shape index (κ1) is 15.4. The summed E-state index contributed by atoms with van der Waals surface area (Å²) in [5.41, 5.74) is 0.940. The number of hydrogen-bond acceptors (Lipinski definition) is 5. The summed E-state index contributed by atoms with van der Waals surface area (Å²) in [5.74, 6) is -1.34. The van der Waals surface area contributed by atoms with Gasteiger partial charge in [0.2, 0.25) is 5.71 Å². The van der Waals surface area contributed by atoms with Crippen molar-refractivity contribution in [2.24, 2.45) is 0 Å². The van der Waals surface area contributed by atoms with E-state index in [9.17, 15) is 19.7 Å². The first-order valence-electron chi connectivity index (χ1n) is 6.40. The first-order valence-corrected chi connectivity index (χ1v) is 7.34. The fraction of sp³-hybridized carbons (Fsp3) is 0.462. The number of rotatable bonds is 3. The number of carbonyl (C=O) groups is 2. The summed E-state index contributed by atoms with van der Waals surface area (Å²) in [6.45, 7) is 3.90. The summed E-state index contributed by atoms with van der Waals surface area (Å²) in [7, 11) is 2.95. The van der Waals surface area contributed by atoms with E-state index in [1.165, 1.54) is 36.8 Å². The Morgan fingerprint density at radius 2 is 2.05 bits per heavy atom. The molecule has 1 aliphatic heterocycles. The lowest BCUT2D eigenvalue weighted by Gasteiger charge is -2.26. The number of likely N-dealkylation sites (N-methyl/N-ethyl adjacent to an activating group) is 2. The molecule has 0 fully saturated rings. The largest absolute Gasteiger partial charge is 0.477 e. The zero-order valence-corrected chi connectivity index (χ0v) is 13.0. The minimum atomic E-state index is -0.696. The highest BCUT2D eigenvalue weighted by Crippen LogP contribution is 2.31. The number of carbonyl (C=O) groups excluding carboxylic acids is 2. The summed E-state index contributed by atoms with van der Waals surface area (Å²) >= 11 is 1.43. The van der Waals surface area contributed by atoms with Crippen LogP contribution in [0.1, 0.15) is 13.8 Å². The molecule has 7 nitrogen and oxygen atoms in total. The van der Waals surface area contributed by atoms with Crippen molar-refractivity contribution in [2.75, 3.05) is 14.1 Å². The van der Waals surface area contributed by atoms with Gasteiger partial charge in [0.05, 0.1) is 11.0 Å². The highest BCUT2D eigenvalue weighted by Gasteiger charge is 2.44. The van der Waals surface area contributed by atoms with Crippen molar-refractivity contribution in [3.8, 4) is 0 Å². The molecular formula is C13H16N3O4S+. The van der Waals surface area contributed by atoms with Crippen LogP contribution < -0.4 is 0 Å².